The summed E-state index contributed by atoms with van der Waals surface area (Å²) in [6.45, 7) is 0. The lowest BCUT2D eigenvalue weighted by atomic mass is 9.79. The highest BCUT2D eigenvalue weighted by atomic mass is 16.5. The monoisotopic (exact) mass is 906 g/mol. The molecule has 6 atom stereocenters. The van der Waals surface area contributed by atoms with Gasteiger partial charge in [0.1, 0.15) is 75.8 Å². The molecule has 0 unspecified atom stereocenters. The SMILES string of the molecule is Oc1ccc(/C=C/c2cc(O)c3c(c2)O[C@H](c2ccc(O)cc2)[C@H]3c2cc(O)c3c(c2)O[C@H](c2ccc(O)cc2)[C@H]3c2cc(O)c3c(c2)[C@H](c2ccc(O)cc2)[C@@H](c2cc(O)cc(O)c2)O3)cc1. The molecule has 12 nitrogen and oxygen atoms in total. The lowest BCUT2D eigenvalue weighted by molar-refractivity contribution is 0.214. The highest BCUT2D eigenvalue weighted by molar-refractivity contribution is 5.73. The molecule has 0 radical (unpaired) electrons. The van der Waals surface area contributed by atoms with Gasteiger partial charge in [-0.05, 0) is 130 Å². The Labute approximate surface area is 389 Å². The van der Waals surface area contributed by atoms with Crippen LogP contribution in [0.1, 0.15) is 97.3 Å². The van der Waals surface area contributed by atoms with Crippen molar-refractivity contribution in [3.05, 3.63) is 213 Å². The molecule has 0 spiro atoms. The van der Waals surface area contributed by atoms with Crippen LogP contribution in [0.5, 0.6) is 69.0 Å². The van der Waals surface area contributed by atoms with Gasteiger partial charge in [0.2, 0.25) is 0 Å². The molecule has 3 heterocycles. The molecule has 0 fully saturated rings. The van der Waals surface area contributed by atoms with Crippen LogP contribution in [0, 0.1) is 0 Å². The van der Waals surface area contributed by atoms with Crippen LogP contribution >= 0.6 is 0 Å². The van der Waals surface area contributed by atoms with E-state index >= 15 is 0 Å². The molecule has 0 saturated carbocycles. The maximum Gasteiger partial charge on any atom is 0.165 e. The lowest BCUT2D eigenvalue weighted by Gasteiger charge is -2.23. The van der Waals surface area contributed by atoms with E-state index in [-0.39, 0.29) is 57.5 Å². The van der Waals surface area contributed by atoms with E-state index in [1.54, 1.807) is 115 Å². The Bertz CT molecular complexity index is 3250. The summed E-state index contributed by atoms with van der Waals surface area (Å²) in [6, 6.07) is 40.9. The average Bonchev–Trinajstić information content (AvgIpc) is 4.02. The zero-order valence-electron chi connectivity index (χ0n) is 35.8. The highest BCUT2D eigenvalue weighted by Gasteiger charge is 2.46. The molecule has 0 aliphatic carbocycles. The molecule has 9 N–H and O–H groups in total. The molecule has 3 aliphatic rings. The van der Waals surface area contributed by atoms with Crippen molar-refractivity contribution in [3.8, 4) is 69.0 Å². The van der Waals surface area contributed by atoms with Crippen LogP contribution in [0.4, 0.5) is 0 Å². The number of rotatable bonds is 8. The molecule has 0 saturated heterocycles. The number of ether oxygens (including phenoxy) is 3. The third kappa shape index (κ3) is 7.37. The quantitative estimate of drug-likeness (QED) is 0.0652. The fourth-order valence-corrected chi connectivity index (χ4v) is 10.0. The molecule has 3 aliphatic heterocycles. The maximum atomic E-state index is 12.4. The summed E-state index contributed by atoms with van der Waals surface area (Å²) in [7, 11) is 0. The molecular formula is C56H42O12. The third-order valence-electron chi connectivity index (χ3n) is 13.1. The van der Waals surface area contributed by atoms with Crippen LogP contribution in [-0.2, 0) is 0 Å². The van der Waals surface area contributed by atoms with E-state index < -0.39 is 36.1 Å². The molecule has 8 aromatic carbocycles. The Hall–Kier alpha value is -8.90. The third-order valence-corrected chi connectivity index (χ3v) is 13.1. The number of aromatic hydroxyl groups is 9. The van der Waals surface area contributed by atoms with Gasteiger partial charge >= 0.3 is 0 Å². The van der Waals surface area contributed by atoms with E-state index in [1.807, 2.05) is 30.4 Å². The van der Waals surface area contributed by atoms with Crippen molar-refractivity contribution in [2.24, 2.45) is 0 Å². The standard InChI is InChI=1S/C56H42O12/c57-36-11-3-28(4-12-36)1-2-29-19-43(63)51-46(20-29)66-54(32-9-17-39(60)18-10-32)50(51)34-24-44(64)52-47(26-34)67-53(31-7-15-38(59)16-8-31)49(52)33-23-42-48(30-5-13-37(58)14-6-30)55(68-56(42)45(65)25-33)35-21-40(61)27-41(62)22-35/h1-27,48-50,53-55,57-65H/b2-1+/t48-,49-,50-,53+,54+,55+/m0/s1. The Morgan fingerprint density at radius 1 is 0.309 bits per heavy atom. The summed E-state index contributed by atoms with van der Waals surface area (Å²) in [6.07, 6.45) is 1.33. The molecule has 0 amide bonds. The van der Waals surface area contributed by atoms with E-state index in [0.717, 1.165) is 5.56 Å². The van der Waals surface area contributed by atoms with Gasteiger partial charge < -0.3 is 60.2 Å². The first-order valence-corrected chi connectivity index (χ1v) is 21.8. The van der Waals surface area contributed by atoms with E-state index in [4.69, 9.17) is 14.2 Å². The van der Waals surface area contributed by atoms with E-state index in [1.165, 1.54) is 18.2 Å². The highest BCUT2D eigenvalue weighted by Crippen LogP contribution is 2.61. The Morgan fingerprint density at radius 3 is 1.31 bits per heavy atom. The van der Waals surface area contributed by atoms with E-state index in [2.05, 4.69) is 0 Å². The lowest BCUT2D eigenvalue weighted by Crippen LogP contribution is -2.13. The Balaban J connectivity index is 1.04. The average molecular weight is 907 g/mol. The predicted octanol–water partition coefficient (Wildman–Crippen LogP) is 11.0. The predicted molar refractivity (Wildman–Crippen MR) is 251 cm³/mol. The van der Waals surface area contributed by atoms with Crippen molar-refractivity contribution in [2.75, 3.05) is 0 Å². The summed E-state index contributed by atoms with van der Waals surface area (Å²) in [5.74, 6) is -1.57. The second kappa shape index (κ2) is 16.2. The number of hydrogen-bond acceptors (Lipinski definition) is 12. The molecule has 338 valence electrons. The number of hydrogen-bond donors (Lipinski definition) is 9. The van der Waals surface area contributed by atoms with Crippen LogP contribution in [0.25, 0.3) is 12.2 Å². The number of phenolic OH excluding ortho intramolecular Hbond substituents is 9. The number of benzene rings is 8. The van der Waals surface area contributed by atoms with Crippen LogP contribution in [0.15, 0.2) is 152 Å². The molecule has 0 bridgehead atoms. The molecular weight excluding hydrogens is 865 g/mol. The van der Waals surface area contributed by atoms with Crippen LogP contribution in [0.2, 0.25) is 0 Å². The zero-order chi connectivity index (χ0) is 47.0. The van der Waals surface area contributed by atoms with Gasteiger partial charge in [0, 0.05) is 28.3 Å². The number of fused-ring (bicyclic) bond motifs is 3. The van der Waals surface area contributed by atoms with Crippen molar-refractivity contribution >= 4 is 12.2 Å². The fourth-order valence-electron chi connectivity index (χ4n) is 10.0. The molecule has 8 aromatic rings. The second-order valence-electron chi connectivity index (χ2n) is 17.4. The summed E-state index contributed by atoms with van der Waals surface area (Å²) in [5, 5.41) is 97.6. The van der Waals surface area contributed by atoms with Gasteiger partial charge in [-0.25, -0.2) is 0 Å². The van der Waals surface area contributed by atoms with Crippen LogP contribution in [-0.4, -0.2) is 46.0 Å². The van der Waals surface area contributed by atoms with E-state index in [9.17, 15) is 46.0 Å². The van der Waals surface area contributed by atoms with Crippen LogP contribution in [0.3, 0.4) is 0 Å². The van der Waals surface area contributed by atoms with Gasteiger partial charge in [-0.1, -0.05) is 66.7 Å². The van der Waals surface area contributed by atoms with Crippen molar-refractivity contribution in [1.82, 2.24) is 0 Å². The fraction of sp³-hybridized carbons (Fsp3) is 0.107. The van der Waals surface area contributed by atoms with E-state index in [0.29, 0.717) is 67.1 Å². The molecule has 0 aromatic heterocycles. The topological polar surface area (TPSA) is 210 Å². The van der Waals surface area contributed by atoms with Crippen molar-refractivity contribution in [2.45, 2.75) is 36.1 Å². The van der Waals surface area contributed by atoms with Gasteiger partial charge in [0.05, 0.1) is 17.8 Å². The normalized spacial score (nSPS) is 20.0. The van der Waals surface area contributed by atoms with Gasteiger partial charge in [-0.15, -0.1) is 0 Å². The smallest absolute Gasteiger partial charge is 0.165 e. The summed E-state index contributed by atoms with van der Waals surface area (Å²) in [5.41, 5.74) is 6.56. The molecule has 12 heteroatoms. The Kier molecular flexibility index (Phi) is 9.96. The van der Waals surface area contributed by atoms with Crippen molar-refractivity contribution in [1.29, 1.82) is 0 Å². The minimum absolute atomic E-state index is 0.0398. The summed E-state index contributed by atoms with van der Waals surface area (Å²) in [4.78, 5) is 0. The minimum Gasteiger partial charge on any atom is -0.508 e. The van der Waals surface area contributed by atoms with Gasteiger partial charge in [-0.3, -0.25) is 0 Å². The first-order valence-electron chi connectivity index (χ1n) is 21.8. The largest absolute Gasteiger partial charge is 0.508 e. The van der Waals surface area contributed by atoms with Crippen molar-refractivity contribution < 1.29 is 60.2 Å². The second-order valence-corrected chi connectivity index (χ2v) is 17.4. The summed E-state index contributed by atoms with van der Waals surface area (Å²) < 4.78 is 20.0. The first kappa shape index (κ1) is 41.8. The van der Waals surface area contributed by atoms with Gasteiger partial charge in [-0.2, -0.15) is 0 Å². The minimum atomic E-state index is -0.828. The maximum absolute atomic E-state index is 12.4. The number of phenols is 9. The first-order chi connectivity index (χ1) is 32.8. The molecule has 68 heavy (non-hydrogen) atoms. The van der Waals surface area contributed by atoms with Crippen LogP contribution < -0.4 is 14.2 Å². The van der Waals surface area contributed by atoms with Gasteiger partial charge in [0.25, 0.3) is 0 Å². The Morgan fingerprint density at radius 2 is 0.750 bits per heavy atom. The molecule has 11 rings (SSSR count). The van der Waals surface area contributed by atoms with Gasteiger partial charge in [0.15, 0.2) is 11.5 Å². The van der Waals surface area contributed by atoms with Crippen molar-refractivity contribution in [3.63, 3.8) is 0 Å². The zero-order valence-corrected chi connectivity index (χ0v) is 35.8. The summed E-state index contributed by atoms with van der Waals surface area (Å²) >= 11 is 0.